The zero-order valence-electron chi connectivity index (χ0n) is 11.8. The molecule has 0 aliphatic heterocycles. The summed E-state index contributed by atoms with van der Waals surface area (Å²) in [5.41, 5.74) is 4.89. The maximum absolute atomic E-state index is 4.25. The largest absolute Gasteiger partial charge is 0.268 e. The number of rotatable bonds is 4. The lowest BCUT2D eigenvalue weighted by Gasteiger charge is -1.97. The molecule has 0 radical (unpaired) electrons. The van der Waals surface area contributed by atoms with Crippen molar-refractivity contribution < 1.29 is 0 Å². The second kappa shape index (κ2) is 10.8. The number of aliphatic imine (C=N–C) groups is 1. The molecule has 0 unspecified atom stereocenters. The fourth-order valence-corrected chi connectivity index (χ4v) is 1.03. The van der Waals surface area contributed by atoms with Gasteiger partial charge in [0.2, 0.25) is 0 Å². The van der Waals surface area contributed by atoms with E-state index in [4.69, 9.17) is 0 Å². The molecular weight excluding hydrogens is 242 g/mol. The maximum atomic E-state index is 4.25. The highest BCUT2D eigenvalue weighted by Gasteiger charge is 1.90. The maximum Gasteiger partial charge on any atom is 0.109 e. The van der Waals surface area contributed by atoms with E-state index in [2.05, 4.69) is 29.4 Å². The molecule has 0 aliphatic carbocycles. The zero-order chi connectivity index (χ0) is 13.8. The number of para-hydroxylation sites is 1. The summed E-state index contributed by atoms with van der Waals surface area (Å²) < 4.78 is 0. The van der Waals surface area contributed by atoms with Gasteiger partial charge < -0.3 is 0 Å². The van der Waals surface area contributed by atoms with Gasteiger partial charge in [-0.3, -0.25) is 5.43 Å². The minimum Gasteiger partial charge on any atom is -0.268 e. The van der Waals surface area contributed by atoms with E-state index in [0.717, 1.165) is 11.3 Å². The van der Waals surface area contributed by atoms with Gasteiger partial charge in [0, 0.05) is 6.21 Å². The Hall–Kier alpha value is -1.29. The number of aryl methyl sites for hydroxylation is 1. The van der Waals surface area contributed by atoms with Gasteiger partial charge in [-0.25, -0.2) is 4.99 Å². The fraction of sp³-hybridized carbons (Fsp3) is 0.429. The van der Waals surface area contributed by atoms with E-state index in [-0.39, 0.29) is 0 Å². The van der Waals surface area contributed by atoms with Crippen LogP contribution >= 0.6 is 11.8 Å². The van der Waals surface area contributed by atoms with Crippen molar-refractivity contribution in [3.63, 3.8) is 0 Å². The Labute approximate surface area is 115 Å². The summed E-state index contributed by atoms with van der Waals surface area (Å²) in [5.74, 6) is 0.448. The Balaban J connectivity index is 0.000000873. The molecule has 0 aromatic heterocycles. The lowest BCUT2D eigenvalue weighted by molar-refractivity contribution is 0.887. The van der Waals surface area contributed by atoms with E-state index >= 15 is 0 Å². The molecule has 1 aromatic carbocycles. The van der Waals surface area contributed by atoms with Crippen molar-refractivity contribution in [2.45, 2.75) is 20.8 Å². The zero-order valence-corrected chi connectivity index (χ0v) is 12.7. The molecule has 0 saturated heterocycles. The Morgan fingerprint density at radius 3 is 2.39 bits per heavy atom. The molecule has 0 saturated carbocycles. The van der Waals surface area contributed by atoms with Gasteiger partial charge in [0.1, 0.15) is 6.34 Å². The molecule has 0 fully saturated rings. The summed E-state index contributed by atoms with van der Waals surface area (Å²) in [6.07, 6.45) is 7.52. The standard InChI is InChI=1S/C12H17N3.C2H6S/c1-10(2)8-14-15-9-13-12-7-5-4-6-11(12)3;1-3-2/h4-10H,1-3H3,(H,13,15);1-2H3/b14-8+;. The molecule has 18 heavy (non-hydrogen) atoms. The van der Waals surface area contributed by atoms with Gasteiger partial charge in [-0.1, -0.05) is 32.0 Å². The number of hydrogen-bond donors (Lipinski definition) is 1. The third-order valence-electron chi connectivity index (χ3n) is 1.82. The van der Waals surface area contributed by atoms with Crippen LogP contribution in [0.25, 0.3) is 0 Å². The van der Waals surface area contributed by atoms with Crippen LogP contribution in [0, 0.1) is 12.8 Å². The lowest BCUT2D eigenvalue weighted by Crippen LogP contribution is -2.03. The number of hydrogen-bond acceptors (Lipinski definition) is 3. The SMILES string of the molecule is CSC.Cc1ccccc1N=CN/N=C/C(C)C. The predicted molar refractivity (Wildman–Crippen MR) is 85.2 cm³/mol. The third kappa shape index (κ3) is 8.82. The molecule has 0 atom stereocenters. The van der Waals surface area contributed by atoms with Gasteiger partial charge >= 0.3 is 0 Å². The van der Waals surface area contributed by atoms with Crippen molar-refractivity contribution in [3.05, 3.63) is 29.8 Å². The molecular formula is C14H23N3S. The van der Waals surface area contributed by atoms with Gasteiger partial charge in [0.05, 0.1) is 5.69 Å². The first-order chi connectivity index (χ1) is 8.61. The van der Waals surface area contributed by atoms with E-state index < -0.39 is 0 Å². The second-order valence-electron chi connectivity index (χ2n) is 4.10. The van der Waals surface area contributed by atoms with Gasteiger partial charge in [0.15, 0.2) is 0 Å². The Kier molecular flexibility index (Phi) is 10.1. The minimum absolute atomic E-state index is 0.448. The average Bonchev–Trinajstić information content (AvgIpc) is 2.31. The summed E-state index contributed by atoms with van der Waals surface area (Å²) in [4.78, 5) is 4.25. The number of thioether (sulfide) groups is 1. The highest BCUT2D eigenvalue weighted by molar-refractivity contribution is 7.97. The van der Waals surface area contributed by atoms with Crippen molar-refractivity contribution in [2.75, 3.05) is 12.5 Å². The molecule has 4 heteroatoms. The monoisotopic (exact) mass is 265 g/mol. The van der Waals surface area contributed by atoms with Crippen LogP contribution in [0.1, 0.15) is 19.4 Å². The Morgan fingerprint density at radius 1 is 1.22 bits per heavy atom. The quantitative estimate of drug-likeness (QED) is 0.510. The number of nitrogens with zero attached hydrogens (tertiary/aromatic N) is 2. The van der Waals surface area contributed by atoms with Crippen molar-refractivity contribution in [1.82, 2.24) is 5.43 Å². The third-order valence-corrected chi connectivity index (χ3v) is 1.82. The van der Waals surface area contributed by atoms with Crippen LogP contribution in [0.15, 0.2) is 34.4 Å². The first-order valence-corrected chi connectivity index (χ1v) is 7.52. The second-order valence-corrected chi connectivity index (χ2v) is 4.92. The van der Waals surface area contributed by atoms with Crippen molar-refractivity contribution in [3.8, 4) is 0 Å². The summed E-state index contributed by atoms with van der Waals surface area (Å²) in [7, 11) is 0. The van der Waals surface area contributed by atoms with E-state index in [1.165, 1.54) is 0 Å². The highest BCUT2D eigenvalue weighted by atomic mass is 32.2. The van der Waals surface area contributed by atoms with Gasteiger partial charge in [-0.2, -0.15) is 16.9 Å². The Bertz CT molecular complexity index is 373. The predicted octanol–water partition coefficient (Wildman–Crippen LogP) is 3.87. The smallest absolute Gasteiger partial charge is 0.109 e. The fourth-order valence-electron chi connectivity index (χ4n) is 1.03. The van der Waals surface area contributed by atoms with Crippen molar-refractivity contribution >= 4 is 30.0 Å². The summed E-state index contributed by atoms with van der Waals surface area (Å²) in [5, 5.41) is 3.99. The first-order valence-electron chi connectivity index (χ1n) is 5.88. The Morgan fingerprint density at radius 2 is 1.83 bits per heavy atom. The van der Waals surface area contributed by atoms with Crippen LogP contribution < -0.4 is 5.43 Å². The number of hydrazone groups is 1. The van der Waals surface area contributed by atoms with E-state index in [1.807, 2.05) is 49.9 Å². The van der Waals surface area contributed by atoms with E-state index in [1.54, 1.807) is 18.1 Å². The van der Waals surface area contributed by atoms with Crippen LogP contribution in [0.5, 0.6) is 0 Å². The molecule has 1 aromatic rings. The van der Waals surface area contributed by atoms with Gasteiger partial charge in [-0.15, -0.1) is 0 Å². The summed E-state index contributed by atoms with van der Waals surface area (Å²) >= 11 is 1.75. The van der Waals surface area contributed by atoms with Crippen LogP contribution in [-0.2, 0) is 0 Å². The first kappa shape index (κ1) is 16.7. The average molecular weight is 265 g/mol. The molecule has 0 aliphatic rings. The minimum atomic E-state index is 0.448. The van der Waals surface area contributed by atoms with Crippen molar-refractivity contribution in [1.29, 1.82) is 0 Å². The normalized spacial score (nSPS) is 10.8. The molecule has 0 spiro atoms. The summed E-state index contributed by atoms with van der Waals surface area (Å²) in [6.45, 7) is 6.18. The number of nitrogens with one attached hydrogen (secondary N) is 1. The lowest BCUT2D eigenvalue weighted by atomic mass is 10.2. The van der Waals surface area contributed by atoms with Crippen LogP contribution in [0.3, 0.4) is 0 Å². The van der Waals surface area contributed by atoms with Crippen molar-refractivity contribution in [2.24, 2.45) is 16.0 Å². The molecule has 0 bridgehead atoms. The molecule has 0 amide bonds. The van der Waals surface area contributed by atoms with Crippen LogP contribution in [-0.4, -0.2) is 25.1 Å². The molecule has 0 heterocycles. The molecule has 1 N–H and O–H groups in total. The highest BCUT2D eigenvalue weighted by Crippen LogP contribution is 2.15. The number of benzene rings is 1. The van der Waals surface area contributed by atoms with Crippen LogP contribution in [0.4, 0.5) is 5.69 Å². The molecule has 3 nitrogen and oxygen atoms in total. The van der Waals surface area contributed by atoms with E-state index in [0.29, 0.717) is 5.92 Å². The molecule has 100 valence electrons. The van der Waals surface area contributed by atoms with E-state index in [9.17, 15) is 0 Å². The topological polar surface area (TPSA) is 36.8 Å². The van der Waals surface area contributed by atoms with Gasteiger partial charge in [-0.05, 0) is 37.0 Å². The van der Waals surface area contributed by atoms with Crippen LogP contribution in [0.2, 0.25) is 0 Å². The summed E-state index contributed by atoms with van der Waals surface area (Å²) in [6, 6.07) is 7.97. The van der Waals surface area contributed by atoms with Gasteiger partial charge in [0.25, 0.3) is 0 Å². The molecule has 1 rings (SSSR count).